The van der Waals surface area contributed by atoms with Crippen molar-refractivity contribution in [1.82, 2.24) is 10.1 Å². The van der Waals surface area contributed by atoms with E-state index in [2.05, 4.69) is 5.16 Å². The van der Waals surface area contributed by atoms with Crippen molar-refractivity contribution in [2.24, 2.45) is 5.92 Å². The lowest BCUT2D eigenvalue weighted by Crippen LogP contribution is -2.40. The third-order valence-electron chi connectivity index (χ3n) is 3.02. The predicted molar refractivity (Wildman–Crippen MR) is 58.4 cm³/mol. The molecule has 2 heterocycles. The van der Waals surface area contributed by atoms with Gasteiger partial charge in [-0.25, -0.2) is 0 Å². The van der Waals surface area contributed by atoms with E-state index in [9.17, 15) is 4.79 Å². The summed E-state index contributed by atoms with van der Waals surface area (Å²) in [6, 6.07) is 1.74. The fraction of sp³-hybridized carbons (Fsp3) is 0.636. The fourth-order valence-corrected chi connectivity index (χ4v) is 2.08. The van der Waals surface area contributed by atoms with Crippen LogP contribution in [0.5, 0.6) is 0 Å². The van der Waals surface area contributed by atoms with Crippen LogP contribution in [-0.4, -0.2) is 47.4 Å². The van der Waals surface area contributed by atoms with E-state index in [1.807, 2.05) is 24.9 Å². The Morgan fingerprint density at radius 2 is 2.41 bits per heavy atom. The zero-order valence-corrected chi connectivity index (χ0v) is 9.92. The number of ether oxygens (including phenoxy) is 1. The number of aromatic nitrogens is 1. The maximum atomic E-state index is 11.0. The van der Waals surface area contributed by atoms with Gasteiger partial charge in [0.1, 0.15) is 5.76 Å². The van der Waals surface area contributed by atoms with Crippen LogP contribution in [0.25, 0.3) is 0 Å². The number of rotatable bonds is 4. The highest BCUT2D eigenvalue weighted by Crippen LogP contribution is 2.20. The Balaban J connectivity index is 1.99. The molecule has 1 fully saturated rings. The van der Waals surface area contributed by atoms with E-state index in [1.54, 1.807) is 0 Å². The highest BCUT2D eigenvalue weighted by atomic mass is 16.5. The molecule has 6 nitrogen and oxygen atoms in total. The fourth-order valence-electron chi connectivity index (χ4n) is 2.08. The average molecular weight is 240 g/mol. The van der Waals surface area contributed by atoms with Gasteiger partial charge in [-0.3, -0.25) is 9.69 Å². The number of aliphatic carboxylic acids is 1. The number of nitrogens with zero attached hydrogens (tertiary/aromatic N) is 2. The van der Waals surface area contributed by atoms with Gasteiger partial charge in [-0.05, 0) is 14.0 Å². The molecule has 17 heavy (non-hydrogen) atoms. The number of carbonyl (C=O) groups is 1. The van der Waals surface area contributed by atoms with Gasteiger partial charge in [-0.15, -0.1) is 0 Å². The summed E-state index contributed by atoms with van der Waals surface area (Å²) in [7, 11) is 1.87. The lowest BCUT2D eigenvalue weighted by Gasteiger charge is -2.24. The van der Waals surface area contributed by atoms with E-state index in [0.717, 1.165) is 11.5 Å². The second kappa shape index (κ2) is 4.85. The minimum absolute atomic E-state index is 0.107. The number of carboxylic acid groups (broad SMARTS) is 1. The molecule has 0 amide bonds. The summed E-state index contributed by atoms with van der Waals surface area (Å²) in [6.45, 7) is 3.12. The lowest BCUT2D eigenvalue weighted by atomic mass is 10.0. The minimum Gasteiger partial charge on any atom is -0.481 e. The van der Waals surface area contributed by atoms with Crippen LogP contribution in [0.3, 0.4) is 0 Å². The summed E-state index contributed by atoms with van der Waals surface area (Å²) >= 11 is 0. The van der Waals surface area contributed by atoms with Crippen LogP contribution < -0.4 is 0 Å². The quantitative estimate of drug-likeness (QED) is 0.826. The van der Waals surface area contributed by atoms with Crippen molar-refractivity contribution in [3.63, 3.8) is 0 Å². The van der Waals surface area contributed by atoms with Crippen molar-refractivity contribution >= 4 is 5.97 Å². The Kier molecular flexibility index (Phi) is 3.44. The van der Waals surface area contributed by atoms with E-state index in [4.69, 9.17) is 14.4 Å². The van der Waals surface area contributed by atoms with Gasteiger partial charge in [0.2, 0.25) is 0 Å². The largest absolute Gasteiger partial charge is 0.481 e. The number of hydrogen-bond acceptors (Lipinski definition) is 5. The molecule has 94 valence electrons. The first-order valence-electron chi connectivity index (χ1n) is 5.51. The Labute approximate surface area is 99.1 Å². The molecule has 0 radical (unpaired) electrons. The average Bonchev–Trinajstić information content (AvgIpc) is 2.86. The minimum atomic E-state index is -0.810. The number of hydrogen-bond donors (Lipinski definition) is 1. The van der Waals surface area contributed by atoms with Crippen LogP contribution in [-0.2, 0) is 16.1 Å². The van der Waals surface area contributed by atoms with Crippen LogP contribution in [0.2, 0.25) is 0 Å². The SMILES string of the molecule is Cc1cc(CN(C)C2COCC2C(=O)O)no1. The third-order valence-corrected chi connectivity index (χ3v) is 3.02. The van der Waals surface area contributed by atoms with Crippen molar-refractivity contribution in [1.29, 1.82) is 0 Å². The summed E-state index contributed by atoms with van der Waals surface area (Å²) in [4.78, 5) is 13.0. The zero-order chi connectivity index (χ0) is 12.4. The summed E-state index contributed by atoms with van der Waals surface area (Å²) < 4.78 is 10.2. The van der Waals surface area contributed by atoms with Crippen molar-refractivity contribution in [2.45, 2.75) is 19.5 Å². The smallest absolute Gasteiger partial charge is 0.310 e. The summed E-state index contributed by atoms with van der Waals surface area (Å²) in [6.07, 6.45) is 0. The first-order chi connectivity index (χ1) is 8.08. The standard InChI is InChI=1S/C11H16N2O4/c1-7-3-8(12-17-7)4-13(2)10-6-16-5-9(10)11(14)15/h3,9-10H,4-6H2,1-2H3,(H,14,15). The summed E-state index contributed by atoms with van der Waals surface area (Å²) in [5.41, 5.74) is 0.807. The van der Waals surface area contributed by atoms with Crippen molar-refractivity contribution in [3.05, 3.63) is 17.5 Å². The number of carboxylic acids is 1. The summed E-state index contributed by atoms with van der Waals surface area (Å²) in [5.74, 6) is -0.519. The molecule has 1 saturated heterocycles. The zero-order valence-electron chi connectivity index (χ0n) is 9.92. The van der Waals surface area contributed by atoms with Gasteiger partial charge < -0.3 is 14.4 Å². The molecule has 1 aromatic heterocycles. The van der Waals surface area contributed by atoms with Crippen LogP contribution >= 0.6 is 0 Å². The van der Waals surface area contributed by atoms with Crippen LogP contribution in [0, 0.1) is 12.8 Å². The van der Waals surface area contributed by atoms with Crippen molar-refractivity contribution < 1.29 is 19.2 Å². The van der Waals surface area contributed by atoms with E-state index in [1.165, 1.54) is 0 Å². The molecule has 1 aromatic rings. The monoisotopic (exact) mass is 240 g/mol. The van der Waals surface area contributed by atoms with Crippen molar-refractivity contribution in [2.75, 3.05) is 20.3 Å². The van der Waals surface area contributed by atoms with Gasteiger partial charge in [0, 0.05) is 18.7 Å². The van der Waals surface area contributed by atoms with Crippen molar-refractivity contribution in [3.8, 4) is 0 Å². The molecular weight excluding hydrogens is 224 g/mol. The lowest BCUT2D eigenvalue weighted by molar-refractivity contribution is -0.143. The first-order valence-corrected chi connectivity index (χ1v) is 5.51. The molecule has 0 bridgehead atoms. The van der Waals surface area contributed by atoms with E-state index < -0.39 is 11.9 Å². The molecule has 1 aliphatic rings. The van der Waals surface area contributed by atoms with Gasteiger partial charge in [-0.1, -0.05) is 5.16 Å². The van der Waals surface area contributed by atoms with Gasteiger partial charge in [0.15, 0.2) is 0 Å². The Morgan fingerprint density at radius 3 is 3.00 bits per heavy atom. The van der Waals surface area contributed by atoms with Gasteiger partial charge in [0.25, 0.3) is 0 Å². The number of aryl methyl sites for hydroxylation is 1. The van der Waals surface area contributed by atoms with Gasteiger partial charge >= 0.3 is 5.97 Å². The summed E-state index contributed by atoms with van der Waals surface area (Å²) in [5, 5.41) is 13.0. The normalized spacial score (nSPS) is 24.4. The molecule has 1 N–H and O–H groups in total. The highest BCUT2D eigenvalue weighted by molar-refractivity contribution is 5.71. The third kappa shape index (κ3) is 2.65. The molecule has 0 aliphatic carbocycles. The molecule has 0 spiro atoms. The Hall–Kier alpha value is -1.40. The Bertz CT molecular complexity index is 404. The number of likely N-dealkylation sites (N-methyl/N-ethyl adjacent to an activating group) is 1. The molecule has 6 heteroatoms. The maximum absolute atomic E-state index is 11.0. The van der Waals surface area contributed by atoms with Gasteiger partial charge in [0.05, 0.1) is 24.8 Å². The molecular formula is C11H16N2O4. The van der Waals surface area contributed by atoms with Crippen LogP contribution in [0.4, 0.5) is 0 Å². The molecule has 0 saturated carbocycles. The van der Waals surface area contributed by atoms with E-state index in [0.29, 0.717) is 13.2 Å². The molecule has 2 atom stereocenters. The molecule has 1 aliphatic heterocycles. The highest BCUT2D eigenvalue weighted by Gasteiger charge is 2.36. The van der Waals surface area contributed by atoms with E-state index >= 15 is 0 Å². The van der Waals surface area contributed by atoms with Crippen LogP contribution in [0.15, 0.2) is 10.6 Å². The van der Waals surface area contributed by atoms with Crippen LogP contribution in [0.1, 0.15) is 11.5 Å². The van der Waals surface area contributed by atoms with Gasteiger partial charge in [-0.2, -0.15) is 0 Å². The molecule has 0 aromatic carbocycles. The second-order valence-corrected chi connectivity index (χ2v) is 4.39. The van der Waals surface area contributed by atoms with E-state index in [-0.39, 0.29) is 12.6 Å². The second-order valence-electron chi connectivity index (χ2n) is 4.39. The predicted octanol–water partition coefficient (Wildman–Crippen LogP) is 0.514. The Morgan fingerprint density at radius 1 is 1.65 bits per heavy atom. The maximum Gasteiger partial charge on any atom is 0.310 e. The molecule has 2 unspecified atom stereocenters. The molecule has 2 rings (SSSR count). The topological polar surface area (TPSA) is 75.8 Å². The first kappa shape index (κ1) is 12.1.